The van der Waals surface area contributed by atoms with Gasteiger partial charge in [-0.1, -0.05) is 13.3 Å². The number of rotatable bonds is 5. The van der Waals surface area contributed by atoms with E-state index in [9.17, 15) is 4.79 Å². The lowest BCUT2D eigenvalue weighted by Crippen LogP contribution is -2.37. The highest BCUT2D eigenvalue weighted by Gasteiger charge is 2.30. The lowest BCUT2D eigenvalue weighted by Gasteiger charge is -2.38. The molecule has 1 aliphatic rings. The number of hydrogen-bond donors (Lipinski definition) is 2. The Bertz CT molecular complexity index is 396. The normalized spacial score (nSPS) is 17.5. The maximum atomic E-state index is 10.6. The molecule has 0 amide bonds. The Morgan fingerprint density at radius 2 is 2.29 bits per heavy atom. The van der Waals surface area contributed by atoms with Crippen LogP contribution in [0.5, 0.6) is 0 Å². The first-order chi connectivity index (χ1) is 8.09. The van der Waals surface area contributed by atoms with Gasteiger partial charge < -0.3 is 10.4 Å². The summed E-state index contributed by atoms with van der Waals surface area (Å²) in [4.78, 5) is 14.8. The molecule has 0 bridgehead atoms. The number of hydrogen-bond acceptors (Lipinski definition) is 3. The molecule has 2 N–H and O–H groups in total. The Labute approximate surface area is 101 Å². The number of carboxylic acids is 1. The zero-order valence-corrected chi connectivity index (χ0v) is 10.1. The van der Waals surface area contributed by atoms with Crippen molar-refractivity contribution in [3.63, 3.8) is 0 Å². The van der Waals surface area contributed by atoms with E-state index in [4.69, 9.17) is 5.11 Å². The number of aromatic carboxylic acids is 1. The molecule has 0 aromatic carbocycles. The summed E-state index contributed by atoms with van der Waals surface area (Å²) < 4.78 is 0. The largest absolute Gasteiger partial charge is 0.478 e. The van der Waals surface area contributed by atoms with Gasteiger partial charge in [0.25, 0.3) is 0 Å². The number of carbonyl (C=O) groups is 1. The minimum Gasteiger partial charge on any atom is -0.478 e. The van der Waals surface area contributed by atoms with Crippen molar-refractivity contribution in [3.8, 4) is 0 Å². The molecule has 92 valence electrons. The molecule has 1 saturated carbocycles. The van der Waals surface area contributed by atoms with Crippen LogP contribution in [0.4, 0.5) is 0 Å². The third-order valence-electron chi connectivity index (χ3n) is 3.49. The van der Waals surface area contributed by atoms with Crippen molar-refractivity contribution in [3.05, 3.63) is 29.6 Å². The number of pyridine rings is 1. The monoisotopic (exact) mass is 234 g/mol. The Morgan fingerprint density at radius 3 is 2.76 bits per heavy atom. The van der Waals surface area contributed by atoms with Gasteiger partial charge in [0.2, 0.25) is 0 Å². The minimum absolute atomic E-state index is 0.236. The van der Waals surface area contributed by atoms with Gasteiger partial charge in [-0.2, -0.15) is 0 Å². The van der Waals surface area contributed by atoms with Gasteiger partial charge in [0.1, 0.15) is 0 Å². The molecule has 1 heterocycles. The summed E-state index contributed by atoms with van der Waals surface area (Å²) in [5, 5.41) is 12.1. The van der Waals surface area contributed by atoms with Gasteiger partial charge in [-0.05, 0) is 30.4 Å². The van der Waals surface area contributed by atoms with E-state index >= 15 is 0 Å². The highest BCUT2D eigenvalue weighted by atomic mass is 16.4. The molecule has 1 aliphatic carbocycles. The molecular weight excluding hydrogens is 216 g/mol. The fourth-order valence-electron chi connectivity index (χ4n) is 2.11. The molecular formula is C13H18N2O2. The molecule has 0 spiro atoms. The first-order valence-electron chi connectivity index (χ1n) is 5.98. The molecule has 17 heavy (non-hydrogen) atoms. The Hall–Kier alpha value is -1.42. The fraction of sp³-hybridized carbons (Fsp3) is 0.538. The van der Waals surface area contributed by atoms with E-state index < -0.39 is 5.97 Å². The molecule has 1 aromatic heterocycles. The number of nitrogens with one attached hydrogen (secondary N) is 1. The summed E-state index contributed by atoms with van der Waals surface area (Å²) in [6, 6.07) is 3.36. The van der Waals surface area contributed by atoms with E-state index in [2.05, 4.69) is 17.2 Å². The summed E-state index contributed by atoms with van der Waals surface area (Å²) in [5.74, 6) is -0.931. The fourth-order valence-corrected chi connectivity index (χ4v) is 2.11. The topological polar surface area (TPSA) is 62.2 Å². The Balaban J connectivity index is 1.80. The molecule has 1 fully saturated rings. The zero-order chi connectivity index (χ0) is 12.3. The summed E-state index contributed by atoms with van der Waals surface area (Å²) >= 11 is 0. The molecule has 1 aromatic rings. The van der Waals surface area contributed by atoms with Crippen molar-refractivity contribution < 1.29 is 9.90 Å². The molecule has 0 saturated heterocycles. The third kappa shape index (κ3) is 3.03. The van der Waals surface area contributed by atoms with Gasteiger partial charge in [0, 0.05) is 19.3 Å². The second-order valence-corrected chi connectivity index (χ2v) is 5.11. The molecule has 0 radical (unpaired) electrons. The van der Waals surface area contributed by atoms with Gasteiger partial charge in [-0.15, -0.1) is 0 Å². The zero-order valence-electron chi connectivity index (χ0n) is 10.1. The third-order valence-corrected chi connectivity index (χ3v) is 3.49. The van der Waals surface area contributed by atoms with Crippen molar-refractivity contribution >= 4 is 5.97 Å². The van der Waals surface area contributed by atoms with Crippen LogP contribution >= 0.6 is 0 Å². The highest BCUT2D eigenvalue weighted by molar-refractivity contribution is 5.87. The number of nitrogens with zero attached hydrogens (tertiary/aromatic N) is 1. The number of aromatic nitrogens is 1. The summed E-state index contributed by atoms with van der Waals surface area (Å²) in [6.45, 7) is 4.01. The molecule has 4 nitrogen and oxygen atoms in total. The van der Waals surface area contributed by atoms with E-state index in [-0.39, 0.29) is 5.56 Å². The van der Waals surface area contributed by atoms with Crippen molar-refractivity contribution in [2.75, 3.05) is 6.54 Å². The molecule has 0 atom stereocenters. The predicted octanol–water partition coefficient (Wildman–Crippen LogP) is 2.06. The predicted molar refractivity (Wildman–Crippen MR) is 64.9 cm³/mol. The molecule has 0 unspecified atom stereocenters. The smallest absolute Gasteiger partial charge is 0.337 e. The SMILES string of the molecule is CC1(CNCc2ccc(C(=O)O)cn2)CCC1. The second kappa shape index (κ2) is 4.84. The van der Waals surface area contributed by atoms with E-state index in [0.29, 0.717) is 12.0 Å². The minimum atomic E-state index is -0.931. The van der Waals surface area contributed by atoms with Gasteiger partial charge >= 0.3 is 5.97 Å². The first kappa shape index (κ1) is 12.0. The van der Waals surface area contributed by atoms with Crippen LogP contribution in [0.1, 0.15) is 42.2 Å². The van der Waals surface area contributed by atoms with Crippen LogP contribution in [0.25, 0.3) is 0 Å². The van der Waals surface area contributed by atoms with Crippen LogP contribution in [0.3, 0.4) is 0 Å². The molecule has 0 aliphatic heterocycles. The highest BCUT2D eigenvalue weighted by Crippen LogP contribution is 2.39. The van der Waals surface area contributed by atoms with Gasteiger partial charge in [-0.3, -0.25) is 4.98 Å². The summed E-state index contributed by atoms with van der Waals surface area (Å²) in [6.07, 6.45) is 5.34. The van der Waals surface area contributed by atoms with Crippen molar-refractivity contribution in [1.29, 1.82) is 0 Å². The second-order valence-electron chi connectivity index (χ2n) is 5.11. The van der Waals surface area contributed by atoms with Crippen LogP contribution in [0, 0.1) is 5.41 Å². The maximum Gasteiger partial charge on any atom is 0.337 e. The average Bonchev–Trinajstić information content (AvgIpc) is 2.27. The lowest BCUT2D eigenvalue weighted by molar-refractivity contribution is 0.0696. The van der Waals surface area contributed by atoms with Crippen LogP contribution in [-0.4, -0.2) is 22.6 Å². The summed E-state index contributed by atoms with van der Waals surface area (Å²) in [5.41, 5.74) is 1.58. The van der Waals surface area contributed by atoms with Crippen LogP contribution < -0.4 is 5.32 Å². The van der Waals surface area contributed by atoms with E-state index in [1.54, 1.807) is 12.1 Å². The van der Waals surface area contributed by atoms with Crippen molar-refractivity contribution in [2.24, 2.45) is 5.41 Å². The number of carboxylic acid groups (broad SMARTS) is 1. The summed E-state index contributed by atoms with van der Waals surface area (Å²) in [7, 11) is 0. The van der Waals surface area contributed by atoms with Gasteiger partial charge in [0.15, 0.2) is 0 Å². The van der Waals surface area contributed by atoms with E-state index in [0.717, 1.165) is 12.2 Å². The van der Waals surface area contributed by atoms with E-state index in [1.807, 2.05) is 0 Å². The maximum absolute atomic E-state index is 10.6. The van der Waals surface area contributed by atoms with Crippen LogP contribution in [0.2, 0.25) is 0 Å². The first-order valence-corrected chi connectivity index (χ1v) is 5.98. The average molecular weight is 234 g/mol. The lowest BCUT2D eigenvalue weighted by atomic mass is 9.70. The standard InChI is InChI=1S/C13H18N2O2/c1-13(5-2-6-13)9-14-8-11-4-3-10(7-15-11)12(16)17/h3-4,7,14H,2,5-6,8-9H2,1H3,(H,16,17). The van der Waals surface area contributed by atoms with Gasteiger partial charge in [0.05, 0.1) is 11.3 Å². The van der Waals surface area contributed by atoms with Crippen molar-refractivity contribution in [2.45, 2.75) is 32.7 Å². The van der Waals surface area contributed by atoms with Gasteiger partial charge in [-0.25, -0.2) is 4.79 Å². The molecule has 4 heteroatoms. The van der Waals surface area contributed by atoms with E-state index in [1.165, 1.54) is 25.5 Å². The Morgan fingerprint density at radius 1 is 1.53 bits per heavy atom. The van der Waals surface area contributed by atoms with Crippen LogP contribution in [0.15, 0.2) is 18.3 Å². The van der Waals surface area contributed by atoms with Crippen LogP contribution in [-0.2, 0) is 6.54 Å². The quantitative estimate of drug-likeness (QED) is 0.818. The molecule has 2 rings (SSSR count). The van der Waals surface area contributed by atoms with Crippen molar-refractivity contribution in [1.82, 2.24) is 10.3 Å². The Kier molecular flexibility index (Phi) is 3.43.